The van der Waals surface area contributed by atoms with E-state index in [1.807, 2.05) is 0 Å². The Bertz CT molecular complexity index is 122. The Morgan fingerprint density at radius 1 is 0.769 bits per heavy atom. The Morgan fingerprint density at radius 2 is 1.00 bits per heavy atom. The third-order valence-corrected chi connectivity index (χ3v) is 14.7. The molecule has 6 heteroatoms. The van der Waals surface area contributed by atoms with Gasteiger partial charge in [0.25, 0.3) is 0 Å². The molecule has 0 aromatic heterocycles. The van der Waals surface area contributed by atoms with E-state index in [0.29, 0.717) is 14.5 Å². The van der Waals surface area contributed by atoms with Crippen LogP contribution >= 0.6 is 6.40 Å². The van der Waals surface area contributed by atoms with Crippen LogP contribution in [0.1, 0.15) is 0 Å². The minimum absolute atomic E-state index is 0. The fraction of sp³-hybridized carbons (Fsp3) is 1.00. The first kappa shape index (κ1) is 17.0. The number of halogens is 1. The Morgan fingerprint density at radius 3 is 1.00 bits per heavy atom. The Hall–Kier alpha value is 1.56. The Kier molecular flexibility index (Phi) is 9.06. The Labute approximate surface area is 106 Å². The van der Waals surface area contributed by atoms with Gasteiger partial charge in [-0.1, -0.05) is 0 Å². The van der Waals surface area contributed by atoms with Crippen LogP contribution in [0.4, 0.5) is 0 Å². The summed E-state index contributed by atoms with van der Waals surface area (Å²) in [5, 5.41) is 0. The summed E-state index contributed by atoms with van der Waals surface area (Å²) in [6.45, 7) is 0. The molecule has 0 radical (unpaired) electrons. The SMILES string of the molecule is C[Se][P+](N(C)C)(N(C)C)N(C)C.[I-]. The van der Waals surface area contributed by atoms with Crippen LogP contribution in [0.5, 0.6) is 0 Å². The van der Waals surface area contributed by atoms with Crippen molar-refractivity contribution in [2.24, 2.45) is 0 Å². The summed E-state index contributed by atoms with van der Waals surface area (Å²) in [5.74, 6) is 2.32. The van der Waals surface area contributed by atoms with E-state index in [1.165, 1.54) is 0 Å². The van der Waals surface area contributed by atoms with Gasteiger partial charge in [-0.2, -0.15) is 0 Å². The summed E-state index contributed by atoms with van der Waals surface area (Å²) in [5.41, 5.74) is 0. The van der Waals surface area contributed by atoms with Crippen molar-refractivity contribution in [2.75, 3.05) is 42.3 Å². The molecule has 82 valence electrons. The minimum Gasteiger partial charge on any atom is -1.00 e. The van der Waals surface area contributed by atoms with E-state index in [0.717, 1.165) is 0 Å². The number of hydrogen-bond donors (Lipinski definition) is 0. The van der Waals surface area contributed by atoms with E-state index >= 15 is 0 Å². The van der Waals surface area contributed by atoms with Gasteiger partial charge in [0, 0.05) is 0 Å². The second-order valence-electron chi connectivity index (χ2n) is 3.24. The molecule has 0 atom stereocenters. The van der Waals surface area contributed by atoms with Gasteiger partial charge in [-0.05, 0) is 0 Å². The monoisotopic (exact) mass is 385 g/mol. The van der Waals surface area contributed by atoms with Crippen LogP contribution in [0.2, 0.25) is 5.82 Å². The van der Waals surface area contributed by atoms with Crippen molar-refractivity contribution >= 4 is 20.9 Å². The molecule has 0 unspecified atom stereocenters. The molecule has 0 saturated heterocycles. The molecule has 0 aromatic carbocycles. The summed E-state index contributed by atoms with van der Waals surface area (Å²) in [7, 11) is 13.1. The molecule has 3 nitrogen and oxygen atoms in total. The molecule has 0 bridgehead atoms. The first-order valence-corrected chi connectivity index (χ1v) is 9.45. The number of hydrogen-bond acceptors (Lipinski definition) is 3. The summed E-state index contributed by atoms with van der Waals surface area (Å²) in [6.07, 6.45) is -1.13. The minimum atomic E-state index is -1.13. The van der Waals surface area contributed by atoms with Crippen molar-refractivity contribution in [1.82, 2.24) is 14.0 Å². The predicted molar refractivity (Wildman–Crippen MR) is 59.6 cm³/mol. The van der Waals surface area contributed by atoms with Crippen LogP contribution in [-0.4, -0.2) is 70.8 Å². The summed E-state index contributed by atoms with van der Waals surface area (Å²) in [4.78, 5) is 0. The van der Waals surface area contributed by atoms with Gasteiger partial charge >= 0.3 is 83.0 Å². The quantitative estimate of drug-likeness (QED) is 0.319. The number of nitrogens with zero attached hydrogens (tertiary/aromatic N) is 3. The first-order valence-electron chi connectivity index (χ1n) is 3.87. The molecule has 0 aliphatic heterocycles. The number of rotatable bonds is 4. The van der Waals surface area contributed by atoms with Gasteiger partial charge in [-0.15, -0.1) is 0 Å². The van der Waals surface area contributed by atoms with Crippen LogP contribution in [0.3, 0.4) is 0 Å². The van der Waals surface area contributed by atoms with Crippen LogP contribution in [0.15, 0.2) is 0 Å². The fourth-order valence-electron chi connectivity index (χ4n) is 1.56. The smallest absolute Gasteiger partial charge is 1.00 e. The van der Waals surface area contributed by atoms with E-state index in [9.17, 15) is 0 Å². The summed E-state index contributed by atoms with van der Waals surface area (Å²) < 4.78 is 7.15. The van der Waals surface area contributed by atoms with Crippen molar-refractivity contribution in [2.45, 2.75) is 5.82 Å². The van der Waals surface area contributed by atoms with Crippen LogP contribution in [0.25, 0.3) is 0 Å². The molecule has 13 heavy (non-hydrogen) atoms. The molecular weight excluding hydrogens is 363 g/mol. The van der Waals surface area contributed by atoms with Crippen LogP contribution in [0, 0.1) is 0 Å². The maximum atomic E-state index is 2.38. The average molecular weight is 384 g/mol. The molecular formula is C7H21IN3PSe. The van der Waals surface area contributed by atoms with E-state index in [2.05, 4.69) is 62.1 Å². The normalized spacial score (nSPS) is 12.5. The molecule has 0 aromatic rings. The van der Waals surface area contributed by atoms with E-state index in [-0.39, 0.29) is 24.0 Å². The Balaban J connectivity index is 0. The fourth-order valence-corrected chi connectivity index (χ4v) is 10.9. The van der Waals surface area contributed by atoms with Crippen molar-refractivity contribution in [1.29, 1.82) is 0 Å². The van der Waals surface area contributed by atoms with E-state index < -0.39 is 6.40 Å². The largest absolute Gasteiger partial charge is 1.00 e. The van der Waals surface area contributed by atoms with Gasteiger partial charge in [-0.25, -0.2) is 0 Å². The van der Waals surface area contributed by atoms with Gasteiger partial charge in [0.2, 0.25) is 0 Å². The standard InChI is InChI=1S/C7H21N3PSe.HI/c1-8(2)11(12-7,9(3)4)10(5)6;/h1-7H3;1H/q+1;/p-1. The average Bonchev–Trinajstić information content (AvgIpc) is 1.86. The topological polar surface area (TPSA) is 9.72 Å². The molecule has 0 aliphatic rings. The molecule has 0 saturated carbocycles. The van der Waals surface area contributed by atoms with Gasteiger partial charge < -0.3 is 24.0 Å². The maximum absolute atomic E-state index is 2.38. The molecule has 0 rings (SSSR count). The molecule has 0 heterocycles. The third-order valence-electron chi connectivity index (χ3n) is 1.81. The zero-order valence-corrected chi connectivity index (χ0v) is 14.3. The zero-order chi connectivity index (χ0) is 9.94. The predicted octanol–water partition coefficient (Wildman–Crippen LogP) is -1.89. The molecule has 0 N–H and O–H groups in total. The zero-order valence-electron chi connectivity index (χ0n) is 9.58. The van der Waals surface area contributed by atoms with Gasteiger partial charge in [0.15, 0.2) is 0 Å². The van der Waals surface area contributed by atoms with Crippen LogP contribution in [-0.2, 0) is 0 Å². The van der Waals surface area contributed by atoms with Crippen molar-refractivity contribution in [3.05, 3.63) is 0 Å². The second kappa shape index (κ2) is 6.94. The van der Waals surface area contributed by atoms with Crippen molar-refractivity contribution < 1.29 is 24.0 Å². The third kappa shape index (κ3) is 3.56. The van der Waals surface area contributed by atoms with Gasteiger partial charge in [0.05, 0.1) is 0 Å². The van der Waals surface area contributed by atoms with E-state index in [4.69, 9.17) is 0 Å². The molecule has 0 amide bonds. The first-order chi connectivity index (χ1) is 5.39. The van der Waals surface area contributed by atoms with Crippen LogP contribution < -0.4 is 24.0 Å². The molecule has 0 fully saturated rings. The maximum Gasteiger partial charge on any atom is -1.00 e. The molecule has 0 spiro atoms. The van der Waals surface area contributed by atoms with Gasteiger partial charge in [0.1, 0.15) is 0 Å². The van der Waals surface area contributed by atoms with Crippen molar-refractivity contribution in [3.63, 3.8) is 0 Å². The molecule has 0 aliphatic carbocycles. The summed E-state index contributed by atoms with van der Waals surface area (Å²) in [6, 6.07) is 0. The second-order valence-corrected chi connectivity index (χ2v) is 12.4. The van der Waals surface area contributed by atoms with Crippen molar-refractivity contribution in [3.8, 4) is 0 Å². The van der Waals surface area contributed by atoms with Gasteiger partial charge in [-0.3, -0.25) is 0 Å². The van der Waals surface area contributed by atoms with E-state index in [1.54, 1.807) is 0 Å². The summed E-state index contributed by atoms with van der Waals surface area (Å²) >= 11 is 0.642.